The van der Waals surface area contributed by atoms with Crippen LogP contribution in [0.3, 0.4) is 0 Å². The van der Waals surface area contributed by atoms with Gasteiger partial charge >= 0.3 is 0 Å². The summed E-state index contributed by atoms with van der Waals surface area (Å²) in [7, 11) is 0. The summed E-state index contributed by atoms with van der Waals surface area (Å²) < 4.78 is 14.6. The van der Waals surface area contributed by atoms with Crippen LogP contribution in [0.25, 0.3) is 0 Å². The average molecular weight is 241 g/mol. The molecule has 0 aliphatic heterocycles. The molecular weight excluding hydrogens is 226 g/mol. The van der Waals surface area contributed by atoms with Crippen molar-refractivity contribution in [3.8, 4) is 0 Å². The molecule has 0 radical (unpaired) electrons. The zero-order valence-electron chi connectivity index (χ0n) is 8.73. The standard InChI is InChI=1S/C11H15NOS2/c1-10(2)14-9-8-12-15(13)11-6-4-3-5-7-11/h3-7,12H,1,8-9H2,2H3. The third-order valence-corrected chi connectivity index (χ3v) is 3.71. The normalized spacial score (nSPS) is 12.4. The van der Waals surface area contributed by atoms with E-state index in [2.05, 4.69) is 11.3 Å². The van der Waals surface area contributed by atoms with E-state index in [1.165, 1.54) is 0 Å². The predicted octanol–water partition coefficient (Wildman–Crippen LogP) is 2.57. The molecule has 1 aromatic carbocycles. The maximum atomic E-state index is 11.7. The molecule has 4 heteroatoms. The molecule has 0 heterocycles. The van der Waals surface area contributed by atoms with E-state index in [4.69, 9.17) is 0 Å². The third kappa shape index (κ3) is 5.28. The highest BCUT2D eigenvalue weighted by atomic mass is 32.2. The van der Waals surface area contributed by atoms with E-state index in [1.54, 1.807) is 11.8 Å². The Morgan fingerprint density at radius 3 is 2.73 bits per heavy atom. The Kier molecular flexibility index (Phi) is 5.86. The zero-order chi connectivity index (χ0) is 11.1. The van der Waals surface area contributed by atoms with E-state index in [0.29, 0.717) is 0 Å². The summed E-state index contributed by atoms with van der Waals surface area (Å²) in [6, 6.07) is 9.40. The first-order valence-electron chi connectivity index (χ1n) is 4.69. The smallest absolute Gasteiger partial charge is 0.173 e. The van der Waals surface area contributed by atoms with Crippen molar-refractivity contribution in [3.63, 3.8) is 0 Å². The Labute approximate surface area is 98.5 Å². The summed E-state index contributed by atoms with van der Waals surface area (Å²) in [5.74, 6) is 0.897. The van der Waals surface area contributed by atoms with Crippen LogP contribution in [0.1, 0.15) is 6.92 Å². The Morgan fingerprint density at radius 1 is 1.47 bits per heavy atom. The maximum absolute atomic E-state index is 11.7. The van der Waals surface area contributed by atoms with Crippen molar-refractivity contribution >= 4 is 23.1 Å². The molecule has 82 valence electrons. The summed E-state index contributed by atoms with van der Waals surface area (Å²) in [5, 5.41) is 0. The lowest BCUT2D eigenvalue weighted by Gasteiger charge is -2.09. The number of benzene rings is 1. The maximum Gasteiger partial charge on any atom is 0.173 e. The number of hydrogen-bond donors (Lipinski definition) is 1. The van der Waals surface area contributed by atoms with Gasteiger partial charge in [-0.2, -0.15) is 0 Å². The topological polar surface area (TPSA) is 35.1 Å². The fraction of sp³-hybridized carbons (Fsp3) is 0.273. The molecule has 1 unspecified atom stereocenters. The van der Waals surface area contributed by atoms with Gasteiger partial charge in [0.1, 0.15) is 0 Å². The van der Waals surface area contributed by atoms with E-state index >= 15 is 0 Å². The highest BCUT2D eigenvalue weighted by Crippen LogP contribution is 2.11. The summed E-state index contributed by atoms with van der Waals surface area (Å²) in [6.45, 7) is 6.48. The number of nitrogens with one attached hydrogen (secondary N) is 1. The third-order valence-electron chi connectivity index (χ3n) is 1.64. The van der Waals surface area contributed by atoms with Crippen LogP contribution in [0, 0.1) is 0 Å². The fourth-order valence-corrected chi connectivity index (χ4v) is 2.53. The van der Waals surface area contributed by atoms with Gasteiger partial charge in [-0.25, -0.2) is 0 Å². The summed E-state index contributed by atoms with van der Waals surface area (Å²) in [6.07, 6.45) is 0. The van der Waals surface area contributed by atoms with Crippen molar-refractivity contribution in [3.05, 3.63) is 41.8 Å². The molecule has 1 rings (SSSR count). The molecule has 0 aliphatic rings. The van der Waals surface area contributed by atoms with Crippen molar-refractivity contribution in [2.45, 2.75) is 11.8 Å². The minimum atomic E-state index is -1.09. The average Bonchev–Trinajstić information content (AvgIpc) is 2.25. The van der Waals surface area contributed by atoms with Gasteiger partial charge in [-0.1, -0.05) is 24.8 Å². The lowest BCUT2D eigenvalue weighted by molar-refractivity contribution is 0.583. The molecule has 2 nitrogen and oxygen atoms in total. The molecule has 0 amide bonds. The minimum Gasteiger partial charge on any atom is -0.593 e. The molecule has 0 spiro atoms. The van der Waals surface area contributed by atoms with Crippen molar-refractivity contribution in [2.24, 2.45) is 0 Å². The zero-order valence-corrected chi connectivity index (χ0v) is 10.4. The minimum absolute atomic E-state index is 0.721. The van der Waals surface area contributed by atoms with E-state index in [-0.39, 0.29) is 0 Å². The number of allylic oxidation sites excluding steroid dienone is 1. The molecule has 15 heavy (non-hydrogen) atoms. The van der Waals surface area contributed by atoms with Crippen molar-refractivity contribution in [2.75, 3.05) is 12.3 Å². The molecule has 0 aromatic heterocycles. The van der Waals surface area contributed by atoms with Crippen LogP contribution in [0.15, 0.2) is 46.7 Å². The van der Waals surface area contributed by atoms with Crippen molar-refractivity contribution in [1.82, 2.24) is 4.72 Å². The van der Waals surface area contributed by atoms with E-state index in [1.807, 2.05) is 37.3 Å². The molecule has 0 aliphatic carbocycles. The monoisotopic (exact) mass is 241 g/mol. The second-order valence-corrected chi connectivity index (χ2v) is 5.72. The number of thioether (sulfide) groups is 1. The van der Waals surface area contributed by atoms with Gasteiger partial charge in [-0.15, -0.1) is 16.5 Å². The first-order chi connectivity index (χ1) is 7.20. The molecule has 1 aromatic rings. The van der Waals surface area contributed by atoms with Crippen LogP contribution >= 0.6 is 11.8 Å². The molecule has 0 fully saturated rings. The Bertz CT molecular complexity index is 303. The van der Waals surface area contributed by atoms with Crippen LogP contribution in [0.4, 0.5) is 0 Å². The highest BCUT2D eigenvalue weighted by molar-refractivity contribution is 8.03. The first kappa shape index (κ1) is 12.6. The van der Waals surface area contributed by atoms with Crippen LogP contribution in [-0.4, -0.2) is 16.9 Å². The molecular formula is C11H15NOS2. The van der Waals surface area contributed by atoms with E-state index in [0.717, 1.165) is 22.1 Å². The van der Waals surface area contributed by atoms with Crippen LogP contribution in [-0.2, 0) is 11.4 Å². The summed E-state index contributed by atoms with van der Waals surface area (Å²) in [5.41, 5.74) is 0. The van der Waals surface area contributed by atoms with Gasteiger partial charge < -0.3 is 4.55 Å². The Balaban J connectivity index is 2.25. The van der Waals surface area contributed by atoms with E-state index in [9.17, 15) is 4.55 Å². The molecule has 0 bridgehead atoms. The highest BCUT2D eigenvalue weighted by Gasteiger charge is 2.08. The van der Waals surface area contributed by atoms with E-state index < -0.39 is 11.4 Å². The molecule has 1 atom stereocenters. The summed E-state index contributed by atoms with van der Waals surface area (Å²) in [4.78, 5) is 1.90. The fourth-order valence-electron chi connectivity index (χ4n) is 0.987. The Morgan fingerprint density at radius 2 is 2.13 bits per heavy atom. The predicted molar refractivity (Wildman–Crippen MR) is 68.1 cm³/mol. The molecule has 0 saturated heterocycles. The van der Waals surface area contributed by atoms with Gasteiger partial charge in [0, 0.05) is 5.75 Å². The number of rotatable bonds is 6. The SMILES string of the molecule is C=C(C)SCCN[S+]([O-])c1ccccc1. The lowest BCUT2D eigenvalue weighted by atomic mass is 10.4. The van der Waals surface area contributed by atoms with Gasteiger partial charge in [-0.3, -0.25) is 0 Å². The second kappa shape index (κ2) is 6.95. The van der Waals surface area contributed by atoms with Crippen LogP contribution in [0.2, 0.25) is 0 Å². The quantitative estimate of drug-likeness (QED) is 0.614. The lowest BCUT2D eigenvalue weighted by Crippen LogP contribution is -2.25. The van der Waals surface area contributed by atoms with Crippen molar-refractivity contribution < 1.29 is 4.55 Å². The van der Waals surface area contributed by atoms with Crippen LogP contribution < -0.4 is 4.72 Å². The second-order valence-electron chi connectivity index (χ2n) is 3.03. The Hall–Kier alpha value is -0.420. The van der Waals surface area contributed by atoms with Gasteiger partial charge in [0.25, 0.3) is 0 Å². The van der Waals surface area contributed by atoms with Gasteiger partial charge in [0.05, 0.1) is 17.9 Å². The van der Waals surface area contributed by atoms with Crippen LogP contribution in [0.5, 0.6) is 0 Å². The van der Waals surface area contributed by atoms with Crippen molar-refractivity contribution in [1.29, 1.82) is 0 Å². The number of hydrogen-bond acceptors (Lipinski definition) is 3. The molecule has 1 N–H and O–H groups in total. The summed E-state index contributed by atoms with van der Waals surface area (Å²) >= 11 is 0.586. The van der Waals surface area contributed by atoms with Gasteiger partial charge in [-0.05, 0) is 24.0 Å². The van der Waals surface area contributed by atoms with Gasteiger partial charge in [0.2, 0.25) is 0 Å². The first-order valence-corrected chi connectivity index (χ1v) is 6.82. The largest absolute Gasteiger partial charge is 0.593 e. The van der Waals surface area contributed by atoms with Gasteiger partial charge in [0.15, 0.2) is 4.90 Å². The molecule has 0 saturated carbocycles.